The van der Waals surface area contributed by atoms with Crippen molar-refractivity contribution in [2.75, 3.05) is 27.1 Å². The fourth-order valence-corrected chi connectivity index (χ4v) is 1.50. The van der Waals surface area contributed by atoms with Crippen LogP contribution < -0.4 is 4.74 Å². The van der Waals surface area contributed by atoms with Gasteiger partial charge in [0, 0.05) is 13.3 Å². The Morgan fingerprint density at radius 2 is 2.20 bits per heavy atom. The number of aromatic nitrogens is 1. The first-order valence-electron chi connectivity index (χ1n) is 4.55. The Balaban J connectivity index is 2.31. The normalized spacial score (nSPS) is 10.3. The Labute approximate surface area is 97.7 Å². The van der Waals surface area contributed by atoms with Gasteiger partial charge in [-0.2, -0.15) is 0 Å². The highest BCUT2D eigenvalue weighted by atomic mass is 79.9. The molecule has 5 heteroatoms. The summed E-state index contributed by atoms with van der Waals surface area (Å²) in [5.74, 6) is 0.540. The van der Waals surface area contributed by atoms with Crippen LogP contribution in [0.5, 0.6) is 5.88 Å². The largest absolute Gasteiger partial charge is 0.450 e. The standard InChI is InChI=1S/C10H14BrNO3/c1-8-5-9(11)10(12-6-8)15-7-14-4-3-13-2/h5-6H,3-4,7H2,1-2H3. The highest BCUT2D eigenvalue weighted by Gasteiger charge is 2.02. The van der Waals surface area contributed by atoms with E-state index in [1.165, 1.54) is 0 Å². The number of methoxy groups -OCH3 is 1. The second-order valence-electron chi connectivity index (χ2n) is 2.96. The van der Waals surface area contributed by atoms with E-state index in [0.717, 1.165) is 10.0 Å². The van der Waals surface area contributed by atoms with Crippen LogP contribution in [0.3, 0.4) is 0 Å². The number of rotatable bonds is 6. The summed E-state index contributed by atoms with van der Waals surface area (Å²) in [6.45, 7) is 3.22. The molecule has 0 amide bonds. The Kier molecular flexibility index (Phi) is 5.60. The zero-order valence-electron chi connectivity index (χ0n) is 8.83. The molecule has 0 saturated carbocycles. The topological polar surface area (TPSA) is 40.6 Å². The molecule has 1 aromatic heterocycles. The van der Waals surface area contributed by atoms with E-state index in [-0.39, 0.29) is 6.79 Å². The first-order valence-corrected chi connectivity index (χ1v) is 5.35. The van der Waals surface area contributed by atoms with Crippen LogP contribution in [0.2, 0.25) is 0 Å². The summed E-state index contributed by atoms with van der Waals surface area (Å²) < 4.78 is 16.1. The number of ether oxygens (including phenoxy) is 3. The summed E-state index contributed by atoms with van der Waals surface area (Å²) in [6, 6.07) is 1.94. The van der Waals surface area contributed by atoms with E-state index in [2.05, 4.69) is 20.9 Å². The first-order chi connectivity index (χ1) is 7.24. The lowest BCUT2D eigenvalue weighted by Crippen LogP contribution is -2.08. The van der Waals surface area contributed by atoms with E-state index < -0.39 is 0 Å². The van der Waals surface area contributed by atoms with Gasteiger partial charge >= 0.3 is 0 Å². The Hall–Kier alpha value is -0.650. The Morgan fingerprint density at radius 1 is 1.40 bits per heavy atom. The second kappa shape index (κ2) is 6.76. The zero-order chi connectivity index (χ0) is 11.1. The number of pyridine rings is 1. The van der Waals surface area contributed by atoms with Crippen molar-refractivity contribution in [3.05, 3.63) is 22.3 Å². The maximum Gasteiger partial charge on any atom is 0.230 e. The van der Waals surface area contributed by atoms with Crippen LogP contribution in [0.4, 0.5) is 0 Å². The molecular formula is C10H14BrNO3. The lowest BCUT2D eigenvalue weighted by Gasteiger charge is -2.07. The molecule has 1 aromatic rings. The number of hydrogen-bond acceptors (Lipinski definition) is 4. The van der Waals surface area contributed by atoms with Crippen molar-refractivity contribution in [1.82, 2.24) is 4.98 Å². The van der Waals surface area contributed by atoms with Crippen molar-refractivity contribution in [3.8, 4) is 5.88 Å². The monoisotopic (exact) mass is 275 g/mol. The molecule has 0 atom stereocenters. The number of hydrogen-bond donors (Lipinski definition) is 0. The molecule has 1 heterocycles. The van der Waals surface area contributed by atoms with E-state index in [4.69, 9.17) is 14.2 Å². The van der Waals surface area contributed by atoms with Gasteiger partial charge in [0.05, 0.1) is 17.7 Å². The van der Waals surface area contributed by atoms with Gasteiger partial charge in [-0.05, 0) is 34.5 Å². The number of halogens is 1. The smallest absolute Gasteiger partial charge is 0.230 e. The van der Waals surface area contributed by atoms with Crippen molar-refractivity contribution in [1.29, 1.82) is 0 Å². The molecule has 0 aromatic carbocycles. The Bertz CT molecular complexity index is 307. The van der Waals surface area contributed by atoms with Gasteiger partial charge in [-0.3, -0.25) is 0 Å². The molecule has 0 spiro atoms. The molecule has 0 saturated heterocycles. The van der Waals surface area contributed by atoms with Gasteiger partial charge in [0.1, 0.15) is 0 Å². The molecule has 84 valence electrons. The quantitative estimate of drug-likeness (QED) is 0.589. The molecule has 0 N–H and O–H groups in total. The van der Waals surface area contributed by atoms with E-state index in [1.807, 2.05) is 13.0 Å². The van der Waals surface area contributed by atoms with Crippen LogP contribution in [0.15, 0.2) is 16.7 Å². The van der Waals surface area contributed by atoms with Crippen molar-refractivity contribution >= 4 is 15.9 Å². The van der Waals surface area contributed by atoms with Crippen molar-refractivity contribution in [2.45, 2.75) is 6.92 Å². The summed E-state index contributed by atoms with van der Waals surface area (Å²) in [6.07, 6.45) is 1.75. The van der Waals surface area contributed by atoms with E-state index in [1.54, 1.807) is 13.3 Å². The maximum atomic E-state index is 5.30. The third-order valence-corrected chi connectivity index (χ3v) is 2.22. The van der Waals surface area contributed by atoms with Crippen molar-refractivity contribution < 1.29 is 14.2 Å². The molecule has 0 aliphatic carbocycles. The molecule has 0 unspecified atom stereocenters. The van der Waals surface area contributed by atoms with Gasteiger partial charge in [0.2, 0.25) is 5.88 Å². The fourth-order valence-electron chi connectivity index (χ4n) is 0.926. The maximum absolute atomic E-state index is 5.30. The lowest BCUT2D eigenvalue weighted by molar-refractivity contribution is -0.0108. The number of aryl methyl sites for hydroxylation is 1. The summed E-state index contributed by atoms with van der Waals surface area (Å²) in [5, 5.41) is 0. The van der Waals surface area contributed by atoms with E-state index >= 15 is 0 Å². The minimum Gasteiger partial charge on any atom is -0.450 e. The van der Waals surface area contributed by atoms with Gasteiger partial charge < -0.3 is 14.2 Å². The van der Waals surface area contributed by atoms with Gasteiger partial charge in [-0.25, -0.2) is 4.98 Å². The Morgan fingerprint density at radius 3 is 2.87 bits per heavy atom. The summed E-state index contributed by atoms with van der Waals surface area (Å²) in [7, 11) is 1.63. The van der Waals surface area contributed by atoms with Gasteiger partial charge in [-0.15, -0.1) is 0 Å². The summed E-state index contributed by atoms with van der Waals surface area (Å²) >= 11 is 3.36. The highest BCUT2D eigenvalue weighted by molar-refractivity contribution is 9.10. The summed E-state index contributed by atoms with van der Waals surface area (Å²) in [4.78, 5) is 4.12. The van der Waals surface area contributed by atoms with Crippen LogP contribution in [-0.4, -0.2) is 32.1 Å². The van der Waals surface area contributed by atoms with E-state index in [0.29, 0.717) is 19.1 Å². The average Bonchev–Trinajstić information content (AvgIpc) is 2.20. The van der Waals surface area contributed by atoms with Gasteiger partial charge in [-0.1, -0.05) is 0 Å². The lowest BCUT2D eigenvalue weighted by atomic mass is 10.3. The predicted octanol–water partition coefficient (Wildman–Crippen LogP) is 2.15. The molecule has 0 fully saturated rings. The molecule has 1 rings (SSSR count). The van der Waals surface area contributed by atoms with Crippen molar-refractivity contribution in [3.63, 3.8) is 0 Å². The second-order valence-corrected chi connectivity index (χ2v) is 3.82. The predicted molar refractivity (Wildman–Crippen MR) is 60.0 cm³/mol. The van der Waals surface area contributed by atoms with Gasteiger partial charge in [0.15, 0.2) is 6.79 Å². The molecule has 0 radical (unpaired) electrons. The molecule has 4 nitrogen and oxygen atoms in total. The summed E-state index contributed by atoms with van der Waals surface area (Å²) in [5.41, 5.74) is 1.08. The molecule has 0 bridgehead atoms. The molecule has 15 heavy (non-hydrogen) atoms. The molecular weight excluding hydrogens is 262 g/mol. The first kappa shape index (κ1) is 12.4. The third-order valence-electron chi connectivity index (χ3n) is 1.65. The van der Waals surface area contributed by atoms with Crippen molar-refractivity contribution in [2.24, 2.45) is 0 Å². The van der Waals surface area contributed by atoms with Crippen LogP contribution in [0.25, 0.3) is 0 Å². The van der Waals surface area contributed by atoms with Gasteiger partial charge in [0.25, 0.3) is 0 Å². The average molecular weight is 276 g/mol. The minimum atomic E-state index is 0.179. The fraction of sp³-hybridized carbons (Fsp3) is 0.500. The van der Waals surface area contributed by atoms with Crippen LogP contribution >= 0.6 is 15.9 Å². The van der Waals surface area contributed by atoms with E-state index in [9.17, 15) is 0 Å². The SMILES string of the molecule is COCCOCOc1ncc(C)cc1Br. The van der Waals surface area contributed by atoms with Crippen LogP contribution in [0.1, 0.15) is 5.56 Å². The number of nitrogens with zero attached hydrogens (tertiary/aromatic N) is 1. The minimum absolute atomic E-state index is 0.179. The zero-order valence-corrected chi connectivity index (χ0v) is 10.4. The van der Waals surface area contributed by atoms with Crippen LogP contribution in [-0.2, 0) is 9.47 Å². The molecule has 0 aliphatic heterocycles. The third kappa shape index (κ3) is 4.59. The molecule has 0 aliphatic rings. The van der Waals surface area contributed by atoms with Crippen LogP contribution in [0, 0.1) is 6.92 Å². The highest BCUT2D eigenvalue weighted by Crippen LogP contribution is 2.22.